The van der Waals surface area contributed by atoms with Crippen molar-refractivity contribution in [2.45, 2.75) is 40.3 Å². The highest BCUT2D eigenvalue weighted by Crippen LogP contribution is 2.13. The van der Waals surface area contributed by atoms with Crippen molar-refractivity contribution in [1.29, 1.82) is 0 Å². The van der Waals surface area contributed by atoms with Crippen molar-refractivity contribution in [3.05, 3.63) is 23.2 Å². The Kier molecular flexibility index (Phi) is 4.36. The molecule has 1 aromatic heterocycles. The van der Waals surface area contributed by atoms with E-state index in [1.54, 1.807) is 0 Å². The standard InChI is InChI=1S/C12H22N2O/c1-8(2)12(6-13)14-7-11-5-9(3)15-10(11)4/h5,8,12,14H,6-7,13H2,1-4H3. The summed E-state index contributed by atoms with van der Waals surface area (Å²) in [6, 6.07) is 2.45. The molecule has 15 heavy (non-hydrogen) atoms. The number of hydrogen-bond donors (Lipinski definition) is 2. The van der Waals surface area contributed by atoms with Crippen LogP contribution in [0.1, 0.15) is 30.9 Å². The fourth-order valence-electron chi connectivity index (χ4n) is 1.69. The number of nitrogens with one attached hydrogen (secondary N) is 1. The summed E-state index contributed by atoms with van der Waals surface area (Å²) in [7, 11) is 0. The zero-order chi connectivity index (χ0) is 11.4. The molecule has 0 saturated heterocycles. The number of aryl methyl sites for hydroxylation is 2. The maximum Gasteiger partial charge on any atom is 0.105 e. The highest BCUT2D eigenvalue weighted by molar-refractivity contribution is 5.19. The molecule has 0 amide bonds. The predicted octanol–water partition coefficient (Wildman–Crippen LogP) is 1.97. The van der Waals surface area contributed by atoms with Crippen LogP contribution in [-0.4, -0.2) is 12.6 Å². The summed E-state index contributed by atoms with van der Waals surface area (Å²) < 4.78 is 5.47. The molecule has 0 saturated carbocycles. The zero-order valence-corrected chi connectivity index (χ0v) is 10.1. The van der Waals surface area contributed by atoms with Gasteiger partial charge in [-0.2, -0.15) is 0 Å². The van der Waals surface area contributed by atoms with Crippen molar-refractivity contribution in [3.63, 3.8) is 0 Å². The molecule has 0 spiro atoms. The Morgan fingerprint density at radius 1 is 1.40 bits per heavy atom. The fraction of sp³-hybridized carbons (Fsp3) is 0.667. The maximum atomic E-state index is 5.70. The second-order valence-corrected chi connectivity index (χ2v) is 4.41. The molecule has 0 aliphatic heterocycles. The lowest BCUT2D eigenvalue weighted by atomic mass is 10.0. The number of hydrogen-bond acceptors (Lipinski definition) is 3. The first-order valence-corrected chi connectivity index (χ1v) is 5.54. The van der Waals surface area contributed by atoms with E-state index >= 15 is 0 Å². The van der Waals surface area contributed by atoms with E-state index < -0.39 is 0 Å². The van der Waals surface area contributed by atoms with Crippen LogP contribution in [0.15, 0.2) is 10.5 Å². The number of rotatable bonds is 5. The molecule has 3 heteroatoms. The number of furan rings is 1. The normalized spacial score (nSPS) is 13.5. The van der Waals surface area contributed by atoms with Crippen LogP contribution in [0.2, 0.25) is 0 Å². The van der Waals surface area contributed by atoms with Crippen LogP contribution in [0.3, 0.4) is 0 Å². The second-order valence-electron chi connectivity index (χ2n) is 4.41. The van der Waals surface area contributed by atoms with Crippen LogP contribution in [0, 0.1) is 19.8 Å². The molecule has 0 aliphatic carbocycles. The first kappa shape index (κ1) is 12.3. The summed E-state index contributed by atoms with van der Waals surface area (Å²) in [5.41, 5.74) is 6.92. The molecule has 3 nitrogen and oxygen atoms in total. The van der Waals surface area contributed by atoms with Crippen LogP contribution < -0.4 is 11.1 Å². The minimum Gasteiger partial charge on any atom is -0.466 e. The van der Waals surface area contributed by atoms with E-state index in [-0.39, 0.29) is 0 Å². The molecular weight excluding hydrogens is 188 g/mol. The highest BCUT2D eigenvalue weighted by atomic mass is 16.3. The molecule has 1 unspecified atom stereocenters. The maximum absolute atomic E-state index is 5.70. The molecule has 1 rings (SSSR count). The van der Waals surface area contributed by atoms with Gasteiger partial charge in [0.05, 0.1) is 0 Å². The fourth-order valence-corrected chi connectivity index (χ4v) is 1.69. The Morgan fingerprint density at radius 3 is 2.47 bits per heavy atom. The van der Waals surface area contributed by atoms with E-state index in [1.165, 1.54) is 5.56 Å². The molecule has 0 radical (unpaired) electrons. The van der Waals surface area contributed by atoms with E-state index in [0.717, 1.165) is 18.1 Å². The molecular formula is C12H22N2O. The first-order valence-electron chi connectivity index (χ1n) is 5.54. The quantitative estimate of drug-likeness (QED) is 0.781. The zero-order valence-electron chi connectivity index (χ0n) is 10.1. The van der Waals surface area contributed by atoms with Gasteiger partial charge < -0.3 is 15.5 Å². The topological polar surface area (TPSA) is 51.2 Å². The van der Waals surface area contributed by atoms with Gasteiger partial charge in [-0.1, -0.05) is 13.8 Å². The first-order chi connectivity index (χ1) is 7.04. The molecule has 0 aliphatic rings. The van der Waals surface area contributed by atoms with Gasteiger partial charge in [0, 0.05) is 24.7 Å². The average Bonchev–Trinajstić information content (AvgIpc) is 2.45. The summed E-state index contributed by atoms with van der Waals surface area (Å²) in [6.07, 6.45) is 0. The highest BCUT2D eigenvalue weighted by Gasteiger charge is 2.12. The molecule has 1 atom stereocenters. The van der Waals surface area contributed by atoms with E-state index in [9.17, 15) is 0 Å². The summed E-state index contributed by atoms with van der Waals surface area (Å²) >= 11 is 0. The lowest BCUT2D eigenvalue weighted by Crippen LogP contribution is -2.39. The van der Waals surface area contributed by atoms with Gasteiger partial charge in [0.25, 0.3) is 0 Å². The van der Waals surface area contributed by atoms with Crippen LogP contribution in [0.25, 0.3) is 0 Å². The van der Waals surface area contributed by atoms with Crippen molar-refractivity contribution in [3.8, 4) is 0 Å². The Bertz CT molecular complexity index is 305. The third kappa shape index (κ3) is 3.36. The minimum absolute atomic E-state index is 0.375. The average molecular weight is 210 g/mol. The van der Waals surface area contributed by atoms with E-state index in [1.807, 2.05) is 13.8 Å². The molecule has 1 aromatic rings. The summed E-state index contributed by atoms with van der Waals surface area (Å²) in [6.45, 7) is 9.84. The minimum atomic E-state index is 0.375. The monoisotopic (exact) mass is 210 g/mol. The molecule has 86 valence electrons. The Labute approximate surface area is 92.0 Å². The Balaban J connectivity index is 2.52. The van der Waals surface area contributed by atoms with Crippen LogP contribution in [0.4, 0.5) is 0 Å². The SMILES string of the molecule is Cc1cc(CNC(CN)C(C)C)c(C)o1. The van der Waals surface area contributed by atoms with Gasteiger partial charge in [-0.05, 0) is 25.8 Å². The third-order valence-corrected chi connectivity index (χ3v) is 2.76. The molecule has 3 N–H and O–H groups in total. The lowest BCUT2D eigenvalue weighted by molar-refractivity contribution is 0.402. The summed E-state index contributed by atoms with van der Waals surface area (Å²) in [5, 5.41) is 3.45. The van der Waals surface area contributed by atoms with Gasteiger partial charge in [0.2, 0.25) is 0 Å². The molecule has 0 aromatic carbocycles. The van der Waals surface area contributed by atoms with Crippen molar-refractivity contribution < 1.29 is 4.42 Å². The van der Waals surface area contributed by atoms with Gasteiger partial charge in [-0.15, -0.1) is 0 Å². The van der Waals surface area contributed by atoms with Crippen molar-refractivity contribution in [1.82, 2.24) is 5.32 Å². The Hall–Kier alpha value is -0.800. The van der Waals surface area contributed by atoms with E-state index in [0.29, 0.717) is 18.5 Å². The van der Waals surface area contributed by atoms with E-state index in [4.69, 9.17) is 10.2 Å². The van der Waals surface area contributed by atoms with E-state index in [2.05, 4.69) is 25.2 Å². The van der Waals surface area contributed by atoms with Crippen LogP contribution in [0.5, 0.6) is 0 Å². The largest absolute Gasteiger partial charge is 0.466 e. The molecule has 0 bridgehead atoms. The summed E-state index contributed by atoms with van der Waals surface area (Å²) in [5.74, 6) is 2.53. The smallest absolute Gasteiger partial charge is 0.105 e. The van der Waals surface area contributed by atoms with Crippen LogP contribution >= 0.6 is 0 Å². The van der Waals surface area contributed by atoms with Gasteiger partial charge in [-0.25, -0.2) is 0 Å². The lowest BCUT2D eigenvalue weighted by Gasteiger charge is -2.20. The van der Waals surface area contributed by atoms with Crippen LogP contribution in [-0.2, 0) is 6.54 Å². The molecule has 0 fully saturated rings. The summed E-state index contributed by atoms with van der Waals surface area (Å²) in [4.78, 5) is 0. The van der Waals surface area contributed by atoms with Gasteiger partial charge >= 0.3 is 0 Å². The number of nitrogens with two attached hydrogens (primary N) is 1. The van der Waals surface area contributed by atoms with Gasteiger partial charge in [0.15, 0.2) is 0 Å². The predicted molar refractivity (Wildman–Crippen MR) is 62.7 cm³/mol. The van der Waals surface area contributed by atoms with Crippen molar-refractivity contribution in [2.75, 3.05) is 6.54 Å². The van der Waals surface area contributed by atoms with Crippen molar-refractivity contribution in [2.24, 2.45) is 11.7 Å². The van der Waals surface area contributed by atoms with Crippen molar-refractivity contribution >= 4 is 0 Å². The second kappa shape index (κ2) is 5.33. The molecule has 1 heterocycles. The Morgan fingerprint density at radius 2 is 2.07 bits per heavy atom. The van der Waals surface area contributed by atoms with Gasteiger partial charge in [-0.3, -0.25) is 0 Å². The van der Waals surface area contributed by atoms with Gasteiger partial charge in [0.1, 0.15) is 11.5 Å². The third-order valence-electron chi connectivity index (χ3n) is 2.76.